The molecule has 0 saturated carbocycles. The fourth-order valence-electron chi connectivity index (χ4n) is 2.21. The van der Waals surface area contributed by atoms with Crippen molar-refractivity contribution < 1.29 is 0 Å². The van der Waals surface area contributed by atoms with Crippen molar-refractivity contribution in [2.45, 2.75) is 20.3 Å². The molecule has 1 heterocycles. The second kappa shape index (κ2) is 5.05. The molecule has 88 valence electrons. The minimum atomic E-state index is 1.02. The largest absolute Gasteiger partial charge is 0.341 e. The van der Waals surface area contributed by atoms with Crippen LogP contribution in [0.2, 0.25) is 0 Å². The summed E-state index contributed by atoms with van der Waals surface area (Å²) in [5, 5.41) is 0. The predicted octanol–water partition coefficient (Wildman–Crippen LogP) is 4.21. The molecule has 1 aromatic rings. The summed E-state index contributed by atoms with van der Waals surface area (Å²) < 4.78 is 0. The van der Waals surface area contributed by atoms with Crippen molar-refractivity contribution in [2.24, 2.45) is 0 Å². The fraction of sp³-hybridized carbons (Fsp3) is 0.250. The molecule has 0 atom stereocenters. The molecule has 2 rings (SSSR count). The van der Waals surface area contributed by atoms with Gasteiger partial charge < -0.3 is 4.90 Å². The van der Waals surface area contributed by atoms with Crippen molar-refractivity contribution in [2.75, 3.05) is 6.54 Å². The average Bonchev–Trinajstić information content (AvgIpc) is 2.35. The van der Waals surface area contributed by atoms with E-state index in [-0.39, 0.29) is 0 Å². The van der Waals surface area contributed by atoms with E-state index in [1.807, 2.05) is 0 Å². The monoisotopic (exact) mass is 225 g/mol. The summed E-state index contributed by atoms with van der Waals surface area (Å²) in [6.45, 7) is 9.51. The highest BCUT2D eigenvalue weighted by Crippen LogP contribution is 2.30. The predicted molar refractivity (Wildman–Crippen MR) is 74.3 cm³/mol. The standard InChI is InChI=1S/C16H19N/c1-4-12-17-14(3)11-10-13(2)16(17)15-8-6-5-7-9-15/h5-11H,3-4,12H2,1-2H3. The zero-order chi connectivity index (χ0) is 12.3. The molecule has 1 nitrogen and oxygen atoms in total. The van der Waals surface area contributed by atoms with Gasteiger partial charge >= 0.3 is 0 Å². The minimum absolute atomic E-state index is 1.02. The molecular formula is C16H19N. The van der Waals surface area contributed by atoms with Gasteiger partial charge in [0.15, 0.2) is 0 Å². The van der Waals surface area contributed by atoms with Gasteiger partial charge in [0.1, 0.15) is 0 Å². The molecule has 0 N–H and O–H groups in total. The number of benzene rings is 1. The maximum atomic E-state index is 4.13. The summed E-state index contributed by atoms with van der Waals surface area (Å²) in [4.78, 5) is 2.31. The lowest BCUT2D eigenvalue weighted by Crippen LogP contribution is -2.24. The second-order valence-electron chi connectivity index (χ2n) is 4.37. The van der Waals surface area contributed by atoms with Crippen molar-refractivity contribution in [1.29, 1.82) is 0 Å². The van der Waals surface area contributed by atoms with Gasteiger partial charge in [0.25, 0.3) is 0 Å². The van der Waals surface area contributed by atoms with E-state index in [0.29, 0.717) is 0 Å². The van der Waals surface area contributed by atoms with Crippen molar-refractivity contribution in [3.8, 4) is 0 Å². The molecule has 0 bridgehead atoms. The number of hydrogen-bond acceptors (Lipinski definition) is 1. The third-order valence-corrected chi connectivity index (χ3v) is 3.01. The Labute approximate surface area is 104 Å². The quantitative estimate of drug-likeness (QED) is 0.744. The molecule has 17 heavy (non-hydrogen) atoms. The van der Waals surface area contributed by atoms with Crippen LogP contribution in [0.4, 0.5) is 0 Å². The van der Waals surface area contributed by atoms with Crippen LogP contribution in [0, 0.1) is 0 Å². The third-order valence-electron chi connectivity index (χ3n) is 3.01. The highest BCUT2D eigenvalue weighted by Gasteiger charge is 2.17. The summed E-state index contributed by atoms with van der Waals surface area (Å²) in [6, 6.07) is 10.5. The maximum Gasteiger partial charge on any atom is 0.0513 e. The second-order valence-corrected chi connectivity index (χ2v) is 4.37. The fourth-order valence-corrected chi connectivity index (χ4v) is 2.21. The van der Waals surface area contributed by atoms with Gasteiger partial charge in [0.05, 0.1) is 5.70 Å². The first-order valence-corrected chi connectivity index (χ1v) is 6.15. The van der Waals surface area contributed by atoms with Crippen LogP contribution in [0.15, 0.2) is 60.3 Å². The Balaban J connectivity index is 2.46. The zero-order valence-electron chi connectivity index (χ0n) is 10.6. The Morgan fingerprint density at radius 2 is 1.82 bits per heavy atom. The molecule has 0 spiro atoms. The highest BCUT2D eigenvalue weighted by molar-refractivity contribution is 5.72. The molecular weight excluding hydrogens is 206 g/mol. The Hall–Kier alpha value is -1.76. The smallest absolute Gasteiger partial charge is 0.0513 e. The minimum Gasteiger partial charge on any atom is -0.341 e. The summed E-state index contributed by atoms with van der Waals surface area (Å²) in [5.41, 5.74) is 4.94. The van der Waals surface area contributed by atoms with E-state index < -0.39 is 0 Å². The van der Waals surface area contributed by atoms with Crippen molar-refractivity contribution in [1.82, 2.24) is 4.90 Å². The van der Waals surface area contributed by atoms with Gasteiger partial charge in [0.2, 0.25) is 0 Å². The lowest BCUT2D eigenvalue weighted by molar-refractivity contribution is 0.494. The van der Waals surface area contributed by atoms with Crippen LogP contribution >= 0.6 is 0 Å². The van der Waals surface area contributed by atoms with E-state index >= 15 is 0 Å². The number of allylic oxidation sites excluding steroid dienone is 3. The Kier molecular flexibility index (Phi) is 3.48. The van der Waals surface area contributed by atoms with E-state index in [0.717, 1.165) is 18.7 Å². The van der Waals surface area contributed by atoms with Gasteiger partial charge in [0, 0.05) is 12.2 Å². The maximum absolute atomic E-state index is 4.13. The first-order valence-electron chi connectivity index (χ1n) is 6.15. The zero-order valence-corrected chi connectivity index (χ0v) is 10.6. The molecule has 0 aromatic heterocycles. The van der Waals surface area contributed by atoms with Crippen LogP contribution in [-0.2, 0) is 0 Å². The molecule has 1 aromatic carbocycles. The number of rotatable bonds is 3. The first-order chi connectivity index (χ1) is 8.24. The van der Waals surface area contributed by atoms with Gasteiger partial charge in [-0.25, -0.2) is 0 Å². The van der Waals surface area contributed by atoms with E-state index in [2.05, 4.69) is 67.8 Å². The van der Waals surface area contributed by atoms with Crippen molar-refractivity contribution in [3.63, 3.8) is 0 Å². The lowest BCUT2D eigenvalue weighted by Gasteiger charge is -2.32. The van der Waals surface area contributed by atoms with Gasteiger partial charge in [-0.15, -0.1) is 0 Å². The van der Waals surface area contributed by atoms with Crippen LogP contribution < -0.4 is 0 Å². The van der Waals surface area contributed by atoms with Crippen LogP contribution in [0.1, 0.15) is 25.8 Å². The molecule has 1 aliphatic rings. The molecule has 1 aliphatic heterocycles. The van der Waals surface area contributed by atoms with E-state index in [9.17, 15) is 0 Å². The molecule has 0 saturated heterocycles. The first kappa shape index (κ1) is 11.7. The molecule has 0 aliphatic carbocycles. The van der Waals surface area contributed by atoms with E-state index in [4.69, 9.17) is 0 Å². The lowest BCUT2D eigenvalue weighted by atomic mass is 10.0. The molecule has 0 unspecified atom stereocenters. The number of hydrogen-bond donors (Lipinski definition) is 0. The van der Waals surface area contributed by atoms with Gasteiger partial charge in [-0.2, -0.15) is 0 Å². The summed E-state index contributed by atoms with van der Waals surface area (Å²) in [5.74, 6) is 0. The van der Waals surface area contributed by atoms with Crippen LogP contribution in [0.25, 0.3) is 5.70 Å². The summed E-state index contributed by atoms with van der Waals surface area (Å²) >= 11 is 0. The highest BCUT2D eigenvalue weighted by atomic mass is 15.1. The van der Waals surface area contributed by atoms with E-state index in [1.165, 1.54) is 16.8 Å². The molecule has 1 heteroatoms. The normalized spacial score (nSPS) is 15.6. The molecule has 0 radical (unpaired) electrons. The summed E-state index contributed by atoms with van der Waals surface area (Å²) in [7, 11) is 0. The van der Waals surface area contributed by atoms with E-state index in [1.54, 1.807) is 0 Å². The number of nitrogens with zero attached hydrogens (tertiary/aromatic N) is 1. The topological polar surface area (TPSA) is 3.24 Å². The van der Waals surface area contributed by atoms with Crippen molar-refractivity contribution >= 4 is 5.70 Å². The average molecular weight is 225 g/mol. The van der Waals surface area contributed by atoms with Crippen molar-refractivity contribution in [3.05, 3.63) is 65.9 Å². The Bertz CT molecular complexity index is 466. The Morgan fingerprint density at radius 3 is 2.47 bits per heavy atom. The van der Waals surface area contributed by atoms with Crippen LogP contribution in [0.5, 0.6) is 0 Å². The van der Waals surface area contributed by atoms with Gasteiger partial charge in [-0.3, -0.25) is 0 Å². The van der Waals surface area contributed by atoms with Crippen LogP contribution in [0.3, 0.4) is 0 Å². The molecule has 0 amide bonds. The molecule has 0 fully saturated rings. The summed E-state index contributed by atoms with van der Waals surface area (Å²) in [6.07, 6.45) is 5.37. The SMILES string of the molecule is C=C1C=CC(C)=C(c2ccccc2)N1CCC. The third kappa shape index (κ3) is 2.33. The van der Waals surface area contributed by atoms with Crippen LogP contribution in [-0.4, -0.2) is 11.4 Å². The van der Waals surface area contributed by atoms with Gasteiger partial charge in [-0.1, -0.05) is 49.9 Å². The Morgan fingerprint density at radius 1 is 1.12 bits per heavy atom. The van der Waals surface area contributed by atoms with Gasteiger partial charge in [-0.05, 0) is 30.6 Å².